The number of nitrogens with two attached hydrogens (primary N) is 1. The van der Waals surface area contributed by atoms with Gasteiger partial charge in [0, 0.05) is 6.54 Å². The first-order valence-electron chi connectivity index (χ1n) is 6.98. The Morgan fingerprint density at radius 3 is 2.29 bits per heavy atom. The van der Waals surface area contributed by atoms with Crippen LogP contribution in [0, 0.1) is 16.7 Å². The Kier molecular flexibility index (Phi) is 3.75. The second-order valence-electron chi connectivity index (χ2n) is 6.37. The third kappa shape index (κ3) is 3.20. The summed E-state index contributed by atoms with van der Waals surface area (Å²) in [6.45, 7) is 4.82. The summed E-state index contributed by atoms with van der Waals surface area (Å²) < 4.78 is 0. The maximum absolute atomic E-state index is 8.97. The van der Waals surface area contributed by atoms with Crippen LogP contribution in [0.25, 0.3) is 0 Å². The van der Waals surface area contributed by atoms with Crippen molar-refractivity contribution in [1.82, 2.24) is 4.90 Å². The molecule has 1 spiro atoms. The molecule has 1 unspecified atom stereocenters. The van der Waals surface area contributed by atoms with Gasteiger partial charge in [0.05, 0.1) is 6.07 Å². The fourth-order valence-electron chi connectivity index (χ4n) is 3.49. The highest BCUT2D eigenvalue weighted by Crippen LogP contribution is 2.44. The van der Waals surface area contributed by atoms with Gasteiger partial charge < -0.3 is 10.6 Å². The van der Waals surface area contributed by atoms with Crippen LogP contribution in [-0.4, -0.2) is 30.1 Å². The Morgan fingerprint density at radius 2 is 1.76 bits per heavy atom. The van der Waals surface area contributed by atoms with Crippen molar-refractivity contribution in [2.45, 2.75) is 57.4 Å². The highest BCUT2D eigenvalue weighted by molar-refractivity contribution is 5.03. The van der Waals surface area contributed by atoms with Crippen LogP contribution < -0.4 is 5.73 Å². The van der Waals surface area contributed by atoms with Crippen LogP contribution in [0.3, 0.4) is 0 Å². The van der Waals surface area contributed by atoms with E-state index in [1.54, 1.807) is 0 Å². The average molecular weight is 235 g/mol. The van der Waals surface area contributed by atoms with Crippen molar-refractivity contribution in [3.63, 3.8) is 0 Å². The fraction of sp³-hybridized carbons (Fsp3) is 0.929. The lowest BCUT2D eigenvalue weighted by atomic mass is 9.68. The molecule has 2 rings (SSSR count). The lowest BCUT2D eigenvalue weighted by Gasteiger charge is -2.45. The van der Waals surface area contributed by atoms with Crippen LogP contribution in [0.1, 0.15) is 51.9 Å². The molecule has 17 heavy (non-hydrogen) atoms. The van der Waals surface area contributed by atoms with Crippen molar-refractivity contribution >= 4 is 0 Å². The van der Waals surface area contributed by atoms with Crippen molar-refractivity contribution in [2.75, 3.05) is 19.6 Å². The van der Waals surface area contributed by atoms with E-state index < -0.39 is 5.54 Å². The summed E-state index contributed by atoms with van der Waals surface area (Å²) in [5, 5.41) is 8.97. The van der Waals surface area contributed by atoms with Crippen LogP contribution in [0.2, 0.25) is 0 Å². The number of rotatable bonds is 2. The summed E-state index contributed by atoms with van der Waals surface area (Å²) in [6, 6.07) is 2.20. The van der Waals surface area contributed by atoms with E-state index in [9.17, 15) is 0 Å². The summed E-state index contributed by atoms with van der Waals surface area (Å²) in [7, 11) is 0. The monoisotopic (exact) mass is 235 g/mol. The standard InChI is InChI=1S/C14H25N3/c1-13(16,11-15)12-17-9-7-14(8-10-17)5-3-2-4-6-14/h2-10,12,16H2,1H3. The third-order valence-corrected chi connectivity index (χ3v) is 4.64. The molecule has 1 heterocycles. The lowest BCUT2D eigenvalue weighted by molar-refractivity contribution is 0.0618. The SMILES string of the molecule is CC(N)(C#N)CN1CCC2(CCCCC2)CC1. The molecule has 0 amide bonds. The van der Waals surface area contributed by atoms with E-state index in [1.165, 1.54) is 44.9 Å². The molecule has 1 atom stereocenters. The largest absolute Gasteiger partial charge is 0.313 e. The highest BCUT2D eigenvalue weighted by Gasteiger charge is 2.36. The van der Waals surface area contributed by atoms with Crippen molar-refractivity contribution < 1.29 is 0 Å². The van der Waals surface area contributed by atoms with E-state index in [-0.39, 0.29) is 0 Å². The van der Waals surface area contributed by atoms with Crippen molar-refractivity contribution in [3.05, 3.63) is 0 Å². The molecule has 0 aromatic rings. The van der Waals surface area contributed by atoms with Gasteiger partial charge in [-0.2, -0.15) is 5.26 Å². The van der Waals surface area contributed by atoms with Crippen molar-refractivity contribution in [2.24, 2.45) is 11.1 Å². The van der Waals surface area contributed by atoms with E-state index in [2.05, 4.69) is 11.0 Å². The van der Waals surface area contributed by atoms with Crippen LogP contribution in [0.5, 0.6) is 0 Å². The molecule has 1 saturated heterocycles. The Morgan fingerprint density at radius 1 is 1.18 bits per heavy atom. The zero-order chi connectivity index (χ0) is 12.4. The van der Waals surface area contributed by atoms with Gasteiger partial charge in [-0.1, -0.05) is 19.3 Å². The average Bonchev–Trinajstić information content (AvgIpc) is 2.34. The van der Waals surface area contributed by atoms with Gasteiger partial charge >= 0.3 is 0 Å². The van der Waals surface area contributed by atoms with Crippen molar-refractivity contribution in [1.29, 1.82) is 5.26 Å². The lowest BCUT2D eigenvalue weighted by Crippen LogP contribution is -2.50. The van der Waals surface area contributed by atoms with Gasteiger partial charge in [-0.15, -0.1) is 0 Å². The number of nitrogens with zero attached hydrogens (tertiary/aromatic N) is 2. The zero-order valence-corrected chi connectivity index (χ0v) is 11.0. The van der Waals surface area contributed by atoms with Gasteiger partial charge in [-0.05, 0) is 51.1 Å². The first-order valence-corrected chi connectivity index (χ1v) is 6.98. The molecule has 1 aliphatic heterocycles. The molecular formula is C14H25N3. The molecule has 0 radical (unpaired) electrons. The van der Waals surface area contributed by atoms with Crippen LogP contribution in [0.4, 0.5) is 0 Å². The second kappa shape index (κ2) is 4.96. The fourth-order valence-corrected chi connectivity index (χ4v) is 3.49. The Hall–Kier alpha value is -0.590. The molecule has 0 aromatic carbocycles. The molecule has 2 fully saturated rings. The second-order valence-corrected chi connectivity index (χ2v) is 6.37. The number of piperidine rings is 1. The summed E-state index contributed by atoms with van der Waals surface area (Å²) in [5.41, 5.74) is 5.88. The predicted octanol–water partition coefficient (Wildman–Crippen LogP) is 2.27. The summed E-state index contributed by atoms with van der Waals surface area (Å²) in [5.74, 6) is 0. The normalized spacial score (nSPS) is 28.5. The maximum atomic E-state index is 8.97. The van der Waals surface area contributed by atoms with Gasteiger partial charge in [0.1, 0.15) is 5.54 Å². The first kappa shape index (κ1) is 12.9. The molecule has 0 bridgehead atoms. The number of nitriles is 1. The van der Waals surface area contributed by atoms with E-state index in [4.69, 9.17) is 11.0 Å². The zero-order valence-electron chi connectivity index (χ0n) is 11.0. The molecule has 2 aliphatic rings. The minimum Gasteiger partial charge on any atom is -0.313 e. The Labute approximate surface area is 105 Å². The predicted molar refractivity (Wildman–Crippen MR) is 69.4 cm³/mol. The van der Waals surface area contributed by atoms with Gasteiger partial charge in [-0.3, -0.25) is 0 Å². The summed E-state index contributed by atoms with van der Waals surface area (Å²) >= 11 is 0. The molecular weight excluding hydrogens is 210 g/mol. The number of hydrogen-bond acceptors (Lipinski definition) is 3. The van der Waals surface area contributed by atoms with Crippen LogP contribution >= 0.6 is 0 Å². The quantitative estimate of drug-likeness (QED) is 0.799. The van der Waals surface area contributed by atoms with Crippen LogP contribution in [0.15, 0.2) is 0 Å². The highest BCUT2D eigenvalue weighted by atomic mass is 15.2. The Balaban J connectivity index is 1.84. The third-order valence-electron chi connectivity index (χ3n) is 4.64. The minimum absolute atomic E-state index is 0.645. The minimum atomic E-state index is -0.683. The summed E-state index contributed by atoms with van der Waals surface area (Å²) in [6.07, 6.45) is 9.77. The van der Waals surface area contributed by atoms with Crippen LogP contribution in [-0.2, 0) is 0 Å². The molecule has 1 aliphatic carbocycles. The van der Waals surface area contributed by atoms with E-state index in [0.717, 1.165) is 19.6 Å². The first-order chi connectivity index (χ1) is 8.05. The number of hydrogen-bond donors (Lipinski definition) is 1. The molecule has 1 saturated carbocycles. The van der Waals surface area contributed by atoms with Gasteiger partial charge in [0.25, 0.3) is 0 Å². The maximum Gasteiger partial charge on any atom is 0.114 e. The smallest absolute Gasteiger partial charge is 0.114 e. The molecule has 96 valence electrons. The van der Waals surface area contributed by atoms with Gasteiger partial charge in [0.15, 0.2) is 0 Å². The molecule has 3 nitrogen and oxygen atoms in total. The van der Waals surface area contributed by atoms with Crippen molar-refractivity contribution in [3.8, 4) is 6.07 Å². The molecule has 2 N–H and O–H groups in total. The summed E-state index contributed by atoms with van der Waals surface area (Å²) in [4.78, 5) is 2.38. The number of likely N-dealkylation sites (tertiary alicyclic amines) is 1. The van der Waals surface area contributed by atoms with E-state index >= 15 is 0 Å². The molecule has 3 heteroatoms. The molecule has 0 aromatic heterocycles. The van der Waals surface area contributed by atoms with E-state index in [1.807, 2.05) is 6.92 Å². The topological polar surface area (TPSA) is 53.1 Å². The van der Waals surface area contributed by atoms with E-state index in [0.29, 0.717) is 5.41 Å². The van der Waals surface area contributed by atoms with Gasteiger partial charge in [0.2, 0.25) is 0 Å². The van der Waals surface area contributed by atoms with Gasteiger partial charge in [-0.25, -0.2) is 0 Å². The Bertz CT molecular complexity index is 287.